The maximum absolute atomic E-state index is 13.3. The van der Waals surface area contributed by atoms with Gasteiger partial charge in [-0.25, -0.2) is 4.39 Å². The Balaban J connectivity index is 1.88. The average molecular weight is 397 g/mol. The van der Waals surface area contributed by atoms with E-state index in [0.717, 1.165) is 29.8 Å². The number of hydrogen-bond donors (Lipinski definition) is 1. The zero-order valence-corrected chi connectivity index (χ0v) is 17.2. The zero-order chi connectivity index (χ0) is 21.0. The third-order valence-electron chi connectivity index (χ3n) is 5.08. The maximum Gasteiger partial charge on any atom is 0.254 e. The Labute approximate surface area is 171 Å². The van der Waals surface area contributed by atoms with E-state index >= 15 is 0 Å². The van der Waals surface area contributed by atoms with Crippen molar-refractivity contribution in [3.63, 3.8) is 0 Å². The summed E-state index contributed by atoms with van der Waals surface area (Å²) >= 11 is 0. The molecule has 0 atom stereocenters. The molecule has 0 saturated heterocycles. The number of hydrogen-bond acceptors (Lipinski definition) is 3. The van der Waals surface area contributed by atoms with Gasteiger partial charge in [-0.3, -0.25) is 9.59 Å². The first-order valence-electron chi connectivity index (χ1n) is 10.0. The molecule has 1 saturated carbocycles. The number of rotatable bonds is 8. The van der Waals surface area contributed by atoms with Crippen LogP contribution in [0, 0.1) is 11.7 Å². The molecule has 2 amide bonds. The molecule has 0 aromatic heterocycles. The smallest absolute Gasteiger partial charge is 0.254 e. The van der Waals surface area contributed by atoms with Gasteiger partial charge in [-0.15, -0.1) is 0 Å². The van der Waals surface area contributed by atoms with Crippen LogP contribution in [0.25, 0.3) is 0 Å². The van der Waals surface area contributed by atoms with Gasteiger partial charge < -0.3 is 15.1 Å². The summed E-state index contributed by atoms with van der Waals surface area (Å²) in [6, 6.07) is 11.5. The predicted molar refractivity (Wildman–Crippen MR) is 114 cm³/mol. The van der Waals surface area contributed by atoms with Crippen LogP contribution in [0.2, 0.25) is 0 Å². The molecule has 0 spiro atoms. The van der Waals surface area contributed by atoms with Crippen molar-refractivity contribution in [1.29, 1.82) is 0 Å². The molecule has 0 heterocycles. The number of nitrogens with zero attached hydrogens (tertiary/aromatic N) is 2. The fraction of sp³-hybridized carbons (Fsp3) is 0.391. The first-order chi connectivity index (χ1) is 13.9. The van der Waals surface area contributed by atoms with Gasteiger partial charge in [-0.05, 0) is 66.8 Å². The molecule has 154 valence electrons. The number of anilines is 2. The molecule has 0 aliphatic heterocycles. The molecule has 1 fully saturated rings. The van der Waals surface area contributed by atoms with Crippen LogP contribution in [0.4, 0.5) is 15.8 Å². The molecule has 2 aromatic rings. The maximum atomic E-state index is 13.3. The molecule has 1 aliphatic rings. The molecule has 2 aromatic carbocycles. The lowest BCUT2D eigenvalue weighted by atomic mass is 10.1. The highest BCUT2D eigenvalue weighted by atomic mass is 19.1. The number of benzene rings is 2. The Bertz CT molecular complexity index is 876. The number of amides is 2. The van der Waals surface area contributed by atoms with Gasteiger partial charge in [0.05, 0.1) is 0 Å². The van der Waals surface area contributed by atoms with Gasteiger partial charge in [0.2, 0.25) is 5.91 Å². The lowest BCUT2D eigenvalue weighted by Crippen LogP contribution is -2.33. The fourth-order valence-corrected chi connectivity index (χ4v) is 3.29. The highest BCUT2D eigenvalue weighted by molar-refractivity contribution is 5.94. The summed E-state index contributed by atoms with van der Waals surface area (Å²) in [6.45, 7) is 2.91. The summed E-state index contributed by atoms with van der Waals surface area (Å²) in [6.07, 6.45) is 2.66. The van der Waals surface area contributed by atoms with Crippen molar-refractivity contribution in [1.82, 2.24) is 4.90 Å². The van der Waals surface area contributed by atoms with Crippen LogP contribution in [-0.2, 0) is 11.3 Å². The minimum atomic E-state index is -0.357. The van der Waals surface area contributed by atoms with Crippen molar-refractivity contribution in [2.24, 2.45) is 5.92 Å². The summed E-state index contributed by atoms with van der Waals surface area (Å²) in [4.78, 5) is 28.8. The largest absolute Gasteiger partial charge is 0.377 e. The molecule has 1 N–H and O–H groups in total. The van der Waals surface area contributed by atoms with Crippen molar-refractivity contribution in [2.45, 2.75) is 32.7 Å². The Morgan fingerprint density at radius 2 is 1.79 bits per heavy atom. The minimum Gasteiger partial charge on any atom is -0.377 e. The highest BCUT2D eigenvalue weighted by Gasteiger charge is 2.28. The van der Waals surface area contributed by atoms with E-state index in [0.29, 0.717) is 31.0 Å². The van der Waals surface area contributed by atoms with Crippen molar-refractivity contribution in [2.75, 3.05) is 30.9 Å². The van der Waals surface area contributed by atoms with Gasteiger partial charge in [-0.2, -0.15) is 0 Å². The van der Waals surface area contributed by atoms with Crippen LogP contribution in [-0.4, -0.2) is 37.4 Å². The topological polar surface area (TPSA) is 52.7 Å². The molecule has 3 rings (SSSR count). The van der Waals surface area contributed by atoms with Crippen LogP contribution in [0.5, 0.6) is 0 Å². The molecule has 29 heavy (non-hydrogen) atoms. The van der Waals surface area contributed by atoms with Gasteiger partial charge in [0.25, 0.3) is 5.91 Å². The fourth-order valence-electron chi connectivity index (χ4n) is 3.29. The number of nitrogens with one attached hydrogen (secondary N) is 1. The number of carbonyl (C=O) groups is 2. The van der Waals surface area contributed by atoms with E-state index in [2.05, 4.69) is 5.32 Å². The summed E-state index contributed by atoms with van der Waals surface area (Å²) in [5.41, 5.74) is 3.15. The zero-order valence-electron chi connectivity index (χ0n) is 17.2. The van der Waals surface area contributed by atoms with Gasteiger partial charge in [-0.1, -0.05) is 6.92 Å². The van der Waals surface area contributed by atoms with E-state index in [1.54, 1.807) is 0 Å². The summed E-state index contributed by atoms with van der Waals surface area (Å²) in [7, 11) is 3.91. The van der Waals surface area contributed by atoms with Gasteiger partial charge in [0, 0.05) is 50.5 Å². The van der Waals surface area contributed by atoms with Crippen LogP contribution in [0.3, 0.4) is 0 Å². The lowest BCUT2D eigenvalue weighted by Gasteiger charge is -2.26. The van der Waals surface area contributed by atoms with Crippen molar-refractivity contribution >= 4 is 23.2 Å². The van der Waals surface area contributed by atoms with Gasteiger partial charge >= 0.3 is 0 Å². The number of halogens is 1. The van der Waals surface area contributed by atoms with Crippen LogP contribution < -0.4 is 10.2 Å². The van der Waals surface area contributed by atoms with Gasteiger partial charge in [0.1, 0.15) is 5.82 Å². The van der Waals surface area contributed by atoms with E-state index in [1.807, 2.05) is 49.0 Å². The van der Waals surface area contributed by atoms with Gasteiger partial charge in [0.15, 0.2) is 0 Å². The van der Waals surface area contributed by atoms with E-state index in [-0.39, 0.29) is 17.6 Å². The summed E-state index contributed by atoms with van der Waals surface area (Å²) < 4.78 is 13.3. The Morgan fingerprint density at radius 1 is 1.10 bits per heavy atom. The van der Waals surface area contributed by atoms with Crippen LogP contribution in [0.15, 0.2) is 42.5 Å². The summed E-state index contributed by atoms with van der Waals surface area (Å²) in [5, 5.41) is 2.89. The van der Waals surface area contributed by atoms with Crippen molar-refractivity contribution in [3.8, 4) is 0 Å². The highest BCUT2D eigenvalue weighted by Crippen LogP contribution is 2.32. The number of carbonyl (C=O) groups excluding carboxylic acids is 2. The second-order valence-electron chi connectivity index (χ2n) is 7.78. The van der Waals surface area contributed by atoms with E-state index < -0.39 is 0 Å². The SMILES string of the molecule is CCC(=O)Nc1ccc(N(C)C)c(CN(CC2CC2)C(=O)c2ccc(F)cc2)c1. The van der Waals surface area contributed by atoms with E-state index in [9.17, 15) is 14.0 Å². The van der Waals surface area contributed by atoms with Crippen LogP contribution >= 0.6 is 0 Å². The molecule has 0 unspecified atom stereocenters. The lowest BCUT2D eigenvalue weighted by molar-refractivity contribution is -0.115. The summed E-state index contributed by atoms with van der Waals surface area (Å²) in [5.74, 6) is 0.00474. The molecule has 1 aliphatic carbocycles. The molecule has 5 nitrogen and oxygen atoms in total. The first-order valence-corrected chi connectivity index (χ1v) is 10.0. The Morgan fingerprint density at radius 3 is 2.38 bits per heavy atom. The Hall–Kier alpha value is -2.89. The minimum absolute atomic E-state index is 0.0502. The van der Waals surface area contributed by atoms with Crippen molar-refractivity contribution < 1.29 is 14.0 Å². The normalized spacial score (nSPS) is 13.1. The Kier molecular flexibility index (Phi) is 6.52. The molecular formula is C23H28FN3O2. The third kappa shape index (κ3) is 5.56. The monoisotopic (exact) mass is 397 g/mol. The first kappa shape index (κ1) is 20.8. The van der Waals surface area contributed by atoms with Crippen LogP contribution in [0.1, 0.15) is 42.1 Å². The average Bonchev–Trinajstić information content (AvgIpc) is 3.51. The molecule has 6 heteroatoms. The standard InChI is InChI=1S/C23H28FN3O2/c1-4-22(28)25-20-11-12-21(26(2)3)18(13-20)15-27(14-16-5-6-16)23(29)17-7-9-19(24)10-8-17/h7-13,16H,4-6,14-15H2,1-3H3,(H,25,28). The van der Waals surface area contributed by atoms with Crippen molar-refractivity contribution in [3.05, 3.63) is 59.4 Å². The molecule has 0 bridgehead atoms. The van der Waals surface area contributed by atoms with E-state index in [1.165, 1.54) is 24.3 Å². The molecular weight excluding hydrogens is 369 g/mol. The second-order valence-corrected chi connectivity index (χ2v) is 7.78. The second kappa shape index (κ2) is 9.07. The predicted octanol–water partition coefficient (Wildman–Crippen LogP) is 4.29. The van der Waals surface area contributed by atoms with E-state index in [4.69, 9.17) is 0 Å². The molecule has 0 radical (unpaired) electrons. The third-order valence-corrected chi connectivity index (χ3v) is 5.08. The quantitative estimate of drug-likeness (QED) is 0.723.